The maximum Gasteiger partial charge on any atom is 0.155 e. The zero-order valence-electron chi connectivity index (χ0n) is 20.5. The van der Waals surface area contributed by atoms with E-state index in [-0.39, 0.29) is 52.9 Å². The molecule has 7 heteroatoms. The monoisotopic (exact) mass is 527 g/mol. The van der Waals surface area contributed by atoms with Gasteiger partial charge in [0.15, 0.2) is 11.4 Å². The number of Topliss-reactive ketones (excluding diaryl/α,β-unsaturated/α-hetero) is 1. The summed E-state index contributed by atoms with van der Waals surface area (Å²) < 4.78 is 0. The van der Waals surface area contributed by atoms with Crippen molar-refractivity contribution in [1.82, 2.24) is 15.3 Å². The average Bonchev–Trinajstić information content (AvgIpc) is 3.35. The van der Waals surface area contributed by atoms with E-state index in [1.807, 2.05) is 74.9 Å². The molecule has 0 unspecified atom stereocenters. The summed E-state index contributed by atoms with van der Waals surface area (Å²) in [6.07, 6.45) is 2.55. The second kappa shape index (κ2) is 25.8. The fourth-order valence-electron chi connectivity index (χ4n) is 2.01. The summed E-state index contributed by atoms with van der Waals surface area (Å²) in [5.74, 6) is 0.172. The van der Waals surface area contributed by atoms with Gasteiger partial charge in [0.25, 0.3) is 0 Å². The molecule has 0 saturated carbocycles. The van der Waals surface area contributed by atoms with Gasteiger partial charge in [-0.25, -0.2) is 11.9 Å². The van der Waals surface area contributed by atoms with Crippen molar-refractivity contribution in [1.29, 1.82) is 0 Å². The Morgan fingerprint density at radius 3 is 2.06 bits per heavy atom. The van der Waals surface area contributed by atoms with E-state index in [2.05, 4.69) is 35.7 Å². The SMILES string of the molecule is C=C(C)N[C@@H](CC)C(C)=O.CC.[B].[CH2-]C.[CH2-]c1ccc2cccnc2n1.[Y].c1ccsc1. The summed E-state index contributed by atoms with van der Waals surface area (Å²) in [4.78, 5) is 19.1. The average molecular weight is 527 g/mol. The molecule has 32 heavy (non-hydrogen) atoms. The van der Waals surface area contributed by atoms with Gasteiger partial charge >= 0.3 is 0 Å². The first kappa shape index (κ1) is 37.8. The third-order valence-electron chi connectivity index (χ3n) is 3.27. The van der Waals surface area contributed by atoms with Crippen molar-refractivity contribution < 1.29 is 37.5 Å². The van der Waals surface area contributed by atoms with Gasteiger partial charge in [-0.3, -0.25) is 9.78 Å². The summed E-state index contributed by atoms with van der Waals surface area (Å²) in [7, 11) is 0. The van der Waals surface area contributed by atoms with Crippen molar-refractivity contribution in [3.63, 3.8) is 0 Å². The number of hydrogen-bond acceptors (Lipinski definition) is 5. The van der Waals surface area contributed by atoms with E-state index in [1.165, 1.54) is 0 Å². The van der Waals surface area contributed by atoms with Gasteiger partial charge in [0.2, 0.25) is 0 Å². The zero-order chi connectivity index (χ0) is 23.4. The number of fused-ring (bicyclic) bond motifs is 1. The molecule has 4 radical (unpaired) electrons. The van der Waals surface area contributed by atoms with Crippen molar-refractivity contribution in [2.24, 2.45) is 0 Å². The summed E-state index contributed by atoms with van der Waals surface area (Å²) in [5.41, 5.74) is 2.37. The van der Waals surface area contributed by atoms with Crippen LogP contribution in [0, 0.1) is 13.8 Å². The van der Waals surface area contributed by atoms with Crippen LogP contribution in [-0.2, 0) is 37.5 Å². The van der Waals surface area contributed by atoms with Crippen LogP contribution in [0.2, 0.25) is 0 Å². The molecule has 3 heterocycles. The predicted molar refractivity (Wildman–Crippen MR) is 139 cm³/mol. The molecule has 3 aromatic rings. The Morgan fingerprint density at radius 2 is 1.69 bits per heavy atom. The number of pyridine rings is 2. The van der Waals surface area contributed by atoms with Crippen molar-refractivity contribution >= 4 is 36.6 Å². The molecule has 3 aromatic heterocycles. The molecule has 0 amide bonds. The Bertz CT molecular complexity index is 797. The smallest absolute Gasteiger partial charge is 0.155 e. The first-order chi connectivity index (χ1) is 14.4. The third-order valence-corrected chi connectivity index (χ3v) is 3.90. The molecular formula is C25H37BN3OSY-2. The maximum atomic E-state index is 10.8. The molecule has 0 fully saturated rings. The van der Waals surface area contributed by atoms with Crippen LogP contribution >= 0.6 is 11.3 Å². The Hall–Kier alpha value is -1.49. The van der Waals surface area contributed by atoms with Crippen LogP contribution in [0.15, 0.2) is 65.6 Å². The molecule has 0 aliphatic rings. The summed E-state index contributed by atoms with van der Waals surface area (Å²) in [5, 5.41) is 8.12. The normalized spacial score (nSPS) is 8.97. The van der Waals surface area contributed by atoms with Crippen molar-refractivity contribution in [3.8, 4) is 0 Å². The maximum absolute atomic E-state index is 10.8. The molecule has 1 atom stereocenters. The fraction of sp³-hybridized carbons (Fsp3) is 0.320. The van der Waals surface area contributed by atoms with E-state index in [9.17, 15) is 4.79 Å². The number of nitrogens with zero attached hydrogens (tertiary/aromatic N) is 2. The molecule has 0 aliphatic carbocycles. The van der Waals surface area contributed by atoms with Crippen LogP contribution in [0.25, 0.3) is 11.0 Å². The van der Waals surface area contributed by atoms with Crippen molar-refractivity contribution in [2.75, 3.05) is 0 Å². The van der Waals surface area contributed by atoms with Gasteiger partial charge in [0, 0.05) is 58.4 Å². The summed E-state index contributed by atoms with van der Waals surface area (Å²) >= 11 is 1.71. The molecule has 0 spiro atoms. The third kappa shape index (κ3) is 19.2. The predicted octanol–water partition coefficient (Wildman–Crippen LogP) is 6.52. The molecule has 0 aromatic carbocycles. The first-order valence-electron chi connectivity index (χ1n) is 10.1. The van der Waals surface area contributed by atoms with Crippen LogP contribution in [0.3, 0.4) is 0 Å². The minimum Gasteiger partial charge on any atom is -0.379 e. The second-order valence-electron chi connectivity index (χ2n) is 5.64. The Labute approximate surface area is 227 Å². The van der Waals surface area contributed by atoms with Crippen LogP contribution in [0.5, 0.6) is 0 Å². The number of ketones is 1. The molecule has 0 aliphatic heterocycles. The minimum absolute atomic E-state index is 0. The number of carbonyl (C=O) groups excluding carboxylic acids is 1. The number of allylic oxidation sites excluding steroid dienone is 1. The van der Waals surface area contributed by atoms with Gasteiger partial charge in [-0.05, 0) is 37.1 Å². The van der Waals surface area contributed by atoms with Crippen LogP contribution < -0.4 is 5.32 Å². The van der Waals surface area contributed by atoms with E-state index in [4.69, 9.17) is 0 Å². The number of thiophene rings is 1. The van der Waals surface area contributed by atoms with E-state index in [0.29, 0.717) is 0 Å². The number of aromatic nitrogens is 2. The Kier molecular flexibility index (Phi) is 30.4. The van der Waals surface area contributed by atoms with E-state index >= 15 is 0 Å². The molecule has 1 N–H and O–H groups in total. The molecule has 4 nitrogen and oxygen atoms in total. The number of carbonyl (C=O) groups is 1. The number of hydrogen-bond donors (Lipinski definition) is 1. The van der Waals surface area contributed by atoms with Gasteiger partial charge in [-0.1, -0.05) is 45.5 Å². The molecule has 3 rings (SSSR count). The topological polar surface area (TPSA) is 54.9 Å². The van der Waals surface area contributed by atoms with Crippen LogP contribution in [-0.4, -0.2) is 30.2 Å². The van der Waals surface area contributed by atoms with Gasteiger partial charge in [0.05, 0.1) is 6.04 Å². The van der Waals surface area contributed by atoms with Gasteiger partial charge in [-0.15, -0.1) is 11.8 Å². The second-order valence-corrected chi connectivity index (χ2v) is 6.46. The van der Waals surface area contributed by atoms with Crippen LogP contribution in [0.1, 0.15) is 53.7 Å². The summed E-state index contributed by atoms with van der Waals surface area (Å²) in [6.45, 7) is 21.8. The van der Waals surface area contributed by atoms with E-state index in [0.717, 1.165) is 28.8 Å². The van der Waals surface area contributed by atoms with Crippen molar-refractivity contribution in [3.05, 3.63) is 85.2 Å². The van der Waals surface area contributed by atoms with Gasteiger partial charge in [-0.2, -0.15) is 24.3 Å². The zero-order valence-corrected chi connectivity index (χ0v) is 24.1. The minimum atomic E-state index is -0.0440. The van der Waals surface area contributed by atoms with Gasteiger partial charge < -0.3 is 12.2 Å². The Balaban J connectivity index is -0.000000173. The molecular weight excluding hydrogens is 490 g/mol. The van der Waals surface area contributed by atoms with E-state index < -0.39 is 0 Å². The summed E-state index contributed by atoms with van der Waals surface area (Å²) in [6, 6.07) is 11.7. The molecule has 0 bridgehead atoms. The fourth-order valence-corrected chi connectivity index (χ4v) is 2.46. The van der Waals surface area contributed by atoms with Crippen molar-refractivity contribution in [2.45, 2.75) is 54.0 Å². The molecule has 0 saturated heterocycles. The standard InChI is InChI=1S/C9H7N2.C8H15NO.C4H4S.C2H6.C2H5.B.Y/c1-7-4-5-8-3-2-6-10-9(8)11-7;1-5-8(7(4)10)9-6(2)3;1-2-4-5-3-1;2*1-2;;/h2-6H,1H2;8-9H,2,5H2,1,3-4H3;1-4H;1-2H3;1H2,2H3;;/q-1;;;;-1;;/t;8-;;;;;/m.0...../s1. The first-order valence-corrected chi connectivity index (χ1v) is 11.0. The van der Waals surface area contributed by atoms with E-state index in [1.54, 1.807) is 31.4 Å². The number of rotatable bonds is 4. The molecule has 172 valence electrons. The Morgan fingerprint density at radius 1 is 1.12 bits per heavy atom. The number of nitrogens with one attached hydrogen (secondary N) is 1. The van der Waals surface area contributed by atoms with Crippen LogP contribution in [0.4, 0.5) is 0 Å². The largest absolute Gasteiger partial charge is 0.379 e. The van der Waals surface area contributed by atoms with Gasteiger partial charge in [0.1, 0.15) is 0 Å². The quantitative estimate of drug-likeness (QED) is 0.310.